The lowest BCUT2D eigenvalue weighted by Gasteiger charge is -2.05. The Bertz CT molecular complexity index is 424. The molecule has 1 aromatic carbocycles. The molecule has 0 spiro atoms. The summed E-state index contributed by atoms with van der Waals surface area (Å²) in [6.45, 7) is 2.13. The molecule has 0 heterocycles. The lowest BCUT2D eigenvalue weighted by atomic mass is 10.2. The molecule has 0 radical (unpaired) electrons. The summed E-state index contributed by atoms with van der Waals surface area (Å²) in [5.41, 5.74) is 0.649. The fraction of sp³-hybridized carbons (Fsp3) is 0.333. The molecule has 4 heteroatoms. The molecule has 1 rings (SSSR count). The summed E-state index contributed by atoms with van der Waals surface area (Å²) in [6.07, 6.45) is 7.27. The highest BCUT2D eigenvalue weighted by molar-refractivity contribution is 5.74. The van der Waals surface area contributed by atoms with E-state index in [1.165, 1.54) is 6.92 Å². The van der Waals surface area contributed by atoms with E-state index in [0.717, 1.165) is 31.3 Å². The van der Waals surface area contributed by atoms with Crippen LogP contribution in [0.4, 0.5) is 0 Å². The first kappa shape index (κ1) is 15.0. The predicted octanol–water partition coefficient (Wildman–Crippen LogP) is 2.70. The van der Waals surface area contributed by atoms with Gasteiger partial charge in [0.1, 0.15) is 12.0 Å². The standard InChI is InChI=1S/C15H19NO3/c1-13(18)16-10-4-2-3-5-11-19-15-8-6-14(12-17)7-9-15/h4,6-10,12H,2-3,5,11H2,1H3,(H,16,18)/b10-4+. The van der Waals surface area contributed by atoms with Crippen LogP contribution in [-0.4, -0.2) is 18.8 Å². The molecule has 0 aliphatic carbocycles. The Hall–Kier alpha value is -2.10. The smallest absolute Gasteiger partial charge is 0.220 e. The number of carbonyl (C=O) groups excluding carboxylic acids is 2. The molecule has 1 N–H and O–H groups in total. The predicted molar refractivity (Wildman–Crippen MR) is 74.1 cm³/mol. The normalized spacial score (nSPS) is 10.4. The summed E-state index contributed by atoms with van der Waals surface area (Å²) in [5.74, 6) is 0.720. The molecular weight excluding hydrogens is 242 g/mol. The van der Waals surface area contributed by atoms with Gasteiger partial charge in [0.25, 0.3) is 0 Å². The van der Waals surface area contributed by atoms with Crippen molar-refractivity contribution in [2.75, 3.05) is 6.61 Å². The highest BCUT2D eigenvalue weighted by Gasteiger charge is 1.94. The van der Waals surface area contributed by atoms with Crippen LogP contribution in [0.25, 0.3) is 0 Å². The van der Waals surface area contributed by atoms with E-state index in [1.807, 2.05) is 6.08 Å². The van der Waals surface area contributed by atoms with Gasteiger partial charge >= 0.3 is 0 Å². The molecule has 1 amide bonds. The zero-order chi connectivity index (χ0) is 13.9. The largest absolute Gasteiger partial charge is 0.494 e. The number of amides is 1. The van der Waals surface area contributed by atoms with Crippen LogP contribution in [0.3, 0.4) is 0 Å². The van der Waals surface area contributed by atoms with E-state index in [1.54, 1.807) is 30.5 Å². The average Bonchev–Trinajstić information content (AvgIpc) is 2.42. The SMILES string of the molecule is CC(=O)N/C=C/CCCCOc1ccc(C=O)cc1. The van der Waals surface area contributed by atoms with E-state index < -0.39 is 0 Å². The van der Waals surface area contributed by atoms with Crippen molar-refractivity contribution in [3.8, 4) is 5.75 Å². The van der Waals surface area contributed by atoms with Crippen molar-refractivity contribution in [2.45, 2.75) is 26.2 Å². The van der Waals surface area contributed by atoms with Gasteiger partial charge < -0.3 is 10.1 Å². The van der Waals surface area contributed by atoms with Gasteiger partial charge in [-0.1, -0.05) is 6.08 Å². The van der Waals surface area contributed by atoms with Crippen LogP contribution < -0.4 is 10.1 Å². The van der Waals surface area contributed by atoms with Gasteiger partial charge in [0, 0.05) is 12.5 Å². The summed E-state index contributed by atoms with van der Waals surface area (Å²) in [5, 5.41) is 2.59. The summed E-state index contributed by atoms with van der Waals surface area (Å²) >= 11 is 0. The van der Waals surface area contributed by atoms with E-state index in [0.29, 0.717) is 12.2 Å². The van der Waals surface area contributed by atoms with E-state index in [4.69, 9.17) is 4.74 Å². The van der Waals surface area contributed by atoms with E-state index in [9.17, 15) is 9.59 Å². The van der Waals surface area contributed by atoms with Gasteiger partial charge in [0.05, 0.1) is 6.61 Å². The third-order valence-corrected chi connectivity index (χ3v) is 2.45. The Balaban J connectivity index is 2.08. The molecule has 0 fully saturated rings. The maximum absolute atomic E-state index is 10.6. The molecule has 0 unspecified atom stereocenters. The zero-order valence-electron chi connectivity index (χ0n) is 11.1. The van der Waals surface area contributed by atoms with Gasteiger partial charge in [-0.05, 0) is 49.7 Å². The summed E-state index contributed by atoms with van der Waals surface area (Å²) < 4.78 is 5.54. The summed E-state index contributed by atoms with van der Waals surface area (Å²) in [7, 11) is 0. The topological polar surface area (TPSA) is 55.4 Å². The average molecular weight is 261 g/mol. The number of hydrogen-bond acceptors (Lipinski definition) is 3. The lowest BCUT2D eigenvalue weighted by Crippen LogP contribution is -2.11. The van der Waals surface area contributed by atoms with Crippen molar-refractivity contribution in [2.24, 2.45) is 0 Å². The minimum atomic E-state index is -0.0571. The van der Waals surface area contributed by atoms with Crippen LogP contribution in [0.2, 0.25) is 0 Å². The molecule has 0 saturated carbocycles. The Morgan fingerprint density at radius 1 is 1.26 bits per heavy atom. The molecule has 0 aliphatic rings. The third kappa shape index (κ3) is 7.03. The minimum absolute atomic E-state index is 0.0571. The second-order valence-corrected chi connectivity index (χ2v) is 4.13. The minimum Gasteiger partial charge on any atom is -0.494 e. The van der Waals surface area contributed by atoms with Crippen LogP contribution in [0.5, 0.6) is 5.75 Å². The number of ether oxygens (including phenoxy) is 1. The quantitative estimate of drug-likeness (QED) is 0.578. The molecule has 0 atom stereocenters. The Morgan fingerprint density at radius 3 is 2.63 bits per heavy atom. The van der Waals surface area contributed by atoms with Crippen molar-refractivity contribution in [1.29, 1.82) is 0 Å². The Morgan fingerprint density at radius 2 is 2.00 bits per heavy atom. The summed E-state index contributed by atoms with van der Waals surface area (Å²) in [4.78, 5) is 21.0. The van der Waals surface area contributed by atoms with Gasteiger partial charge in [-0.3, -0.25) is 9.59 Å². The van der Waals surface area contributed by atoms with Crippen molar-refractivity contribution in [3.63, 3.8) is 0 Å². The molecule has 0 aromatic heterocycles. The fourth-order valence-corrected chi connectivity index (χ4v) is 1.46. The Labute approximate surface area is 113 Å². The molecule has 0 bridgehead atoms. The van der Waals surface area contributed by atoms with Crippen LogP contribution in [0, 0.1) is 0 Å². The number of allylic oxidation sites excluding steroid dienone is 1. The highest BCUT2D eigenvalue weighted by Crippen LogP contribution is 2.11. The molecule has 19 heavy (non-hydrogen) atoms. The number of aldehydes is 1. The molecular formula is C15H19NO3. The first-order chi connectivity index (χ1) is 9.22. The van der Waals surface area contributed by atoms with Gasteiger partial charge in [0.15, 0.2) is 0 Å². The second kappa shape index (κ2) is 8.91. The van der Waals surface area contributed by atoms with Crippen molar-refractivity contribution >= 4 is 12.2 Å². The first-order valence-corrected chi connectivity index (χ1v) is 6.32. The van der Waals surface area contributed by atoms with Crippen molar-refractivity contribution < 1.29 is 14.3 Å². The van der Waals surface area contributed by atoms with Crippen molar-refractivity contribution in [1.82, 2.24) is 5.32 Å². The maximum Gasteiger partial charge on any atom is 0.220 e. The molecule has 0 saturated heterocycles. The van der Waals surface area contributed by atoms with E-state index in [2.05, 4.69) is 5.32 Å². The van der Waals surface area contributed by atoms with Crippen LogP contribution >= 0.6 is 0 Å². The van der Waals surface area contributed by atoms with Crippen LogP contribution in [-0.2, 0) is 4.79 Å². The number of unbranched alkanes of at least 4 members (excludes halogenated alkanes) is 2. The first-order valence-electron chi connectivity index (χ1n) is 6.32. The molecule has 1 aromatic rings. The van der Waals surface area contributed by atoms with Crippen LogP contribution in [0.15, 0.2) is 36.5 Å². The number of nitrogens with one attached hydrogen (secondary N) is 1. The van der Waals surface area contributed by atoms with Gasteiger partial charge in [-0.15, -0.1) is 0 Å². The monoisotopic (exact) mass is 261 g/mol. The number of rotatable bonds is 8. The molecule has 4 nitrogen and oxygen atoms in total. The van der Waals surface area contributed by atoms with E-state index in [-0.39, 0.29) is 5.91 Å². The number of hydrogen-bond donors (Lipinski definition) is 1. The Kier molecular flexibility index (Phi) is 7.02. The fourth-order valence-electron chi connectivity index (χ4n) is 1.46. The zero-order valence-corrected chi connectivity index (χ0v) is 11.1. The molecule has 102 valence electrons. The summed E-state index contributed by atoms with van der Waals surface area (Å²) in [6, 6.07) is 7.05. The van der Waals surface area contributed by atoms with E-state index >= 15 is 0 Å². The van der Waals surface area contributed by atoms with Gasteiger partial charge in [-0.2, -0.15) is 0 Å². The third-order valence-electron chi connectivity index (χ3n) is 2.45. The number of benzene rings is 1. The van der Waals surface area contributed by atoms with Gasteiger partial charge in [-0.25, -0.2) is 0 Å². The van der Waals surface area contributed by atoms with Crippen LogP contribution in [0.1, 0.15) is 36.5 Å². The van der Waals surface area contributed by atoms with Crippen molar-refractivity contribution in [3.05, 3.63) is 42.1 Å². The maximum atomic E-state index is 10.6. The van der Waals surface area contributed by atoms with Gasteiger partial charge in [0.2, 0.25) is 5.91 Å². The highest BCUT2D eigenvalue weighted by atomic mass is 16.5. The second-order valence-electron chi connectivity index (χ2n) is 4.13. The molecule has 0 aliphatic heterocycles. The number of carbonyl (C=O) groups is 2. The lowest BCUT2D eigenvalue weighted by molar-refractivity contribution is -0.118.